The number of hydrogen-bond acceptors (Lipinski definition) is 3. The molecule has 0 aromatic carbocycles. The zero-order valence-corrected chi connectivity index (χ0v) is 11.3. The average Bonchev–Trinajstić information content (AvgIpc) is 2.72. The molecule has 1 aromatic heterocycles. The van der Waals surface area contributed by atoms with Crippen LogP contribution in [0.5, 0.6) is 0 Å². The number of nitrogens with zero attached hydrogens (tertiary/aromatic N) is 4. The molecule has 0 saturated heterocycles. The molecule has 0 unspecified atom stereocenters. The molecule has 1 aliphatic rings. The fraction of sp³-hybridized carbons (Fsp3) is 0.800. The van der Waals surface area contributed by atoms with Crippen LogP contribution in [0.4, 0.5) is 13.2 Å². The van der Waals surface area contributed by atoms with E-state index in [9.17, 15) is 13.2 Å². The highest BCUT2D eigenvalue weighted by molar-refractivity contribution is 9.09. The monoisotopic (exact) mass is 326 g/mol. The minimum Gasteiger partial charge on any atom is -0.305 e. The lowest BCUT2D eigenvalue weighted by Gasteiger charge is -2.27. The summed E-state index contributed by atoms with van der Waals surface area (Å²) in [5, 5.41) is 7.85. The molecule has 18 heavy (non-hydrogen) atoms. The van der Waals surface area contributed by atoms with Gasteiger partial charge in [-0.1, -0.05) is 15.9 Å². The Morgan fingerprint density at radius 2 is 1.94 bits per heavy atom. The number of rotatable bonds is 4. The van der Waals surface area contributed by atoms with Crippen molar-refractivity contribution in [2.24, 2.45) is 0 Å². The van der Waals surface area contributed by atoms with E-state index in [4.69, 9.17) is 0 Å². The van der Waals surface area contributed by atoms with Crippen LogP contribution in [-0.4, -0.2) is 38.1 Å². The molecule has 4 nitrogen and oxygen atoms in total. The van der Waals surface area contributed by atoms with E-state index in [2.05, 4.69) is 31.0 Å². The number of halogens is 4. The van der Waals surface area contributed by atoms with Gasteiger partial charge in [0, 0.05) is 18.4 Å². The van der Waals surface area contributed by atoms with Crippen LogP contribution < -0.4 is 0 Å². The normalized spacial score (nSPS) is 16.9. The van der Waals surface area contributed by atoms with Crippen LogP contribution in [0.2, 0.25) is 0 Å². The van der Waals surface area contributed by atoms with E-state index in [1.807, 2.05) is 0 Å². The standard InChI is InChI=1S/C10H14BrF3N4/c11-3-1-2-4-17-5-6-18-8(7-17)15-16-9(18)10(12,13)14/h1-7H2. The smallest absolute Gasteiger partial charge is 0.305 e. The van der Waals surface area contributed by atoms with E-state index in [0.717, 1.165) is 24.7 Å². The summed E-state index contributed by atoms with van der Waals surface area (Å²) in [4.78, 5) is 2.12. The third-order valence-electron chi connectivity index (χ3n) is 2.94. The lowest BCUT2D eigenvalue weighted by atomic mass is 10.3. The molecular formula is C10H14BrF3N4. The van der Waals surface area contributed by atoms with Crippen LogP contribution in [0.3, 0.4) is 0 Å². The van der Waals surface area contributed by atoms with Gasteiger partial charge >= 0.3 is 6.18 Å². The Bertz CT molecular complexity index is 404. The van der Waals surface area contributed by atoms with Crippen molar-refractivity contribution in [3.63, 3.8) is 0 Å². The molecule has 0 aliphatic carbocycles. The third kappa shape index (κ3) is 3.03. The second kappa shape index (κ2) is 5.56. The van der Waals surface area contributed by atoms with Gasteiger partial charge in [-0.2, -0.15) is 13.2 Å². The Kier molecular flexibility index (Phi) is 4.26. The van der Waals surface area contributed by atoms with Gasteiger partial charge < -0.3 is 4.57 Å². The first-order valence-electron chi connectivity index (χ1n) is 5.80. The maximum Gasteiger partial charge on any atom is 0.451 e. The molecule has 0 amide bonds. The summed E-state index contributed by atoms with van der Waals surface area (Å²) < 4.78 is 39.0. The molecule has 0 N–H and O–H groups in total. The lowest BCUT2D eigenvalue weighted by molar-refractivity contribution is -0.148. The Labute approximate surface area is 111 Å². The lowest BCUT2D eigenvalue weighted by Crippen LogP contribution is -2.35. The van der Waals surface area contributed by atoms with E-state index in [0.29, 0.717) is 25.5 Å². The zero-order chi connectivity index (χ0) is 13.2. The molecule has 0 fully saturated rings. The number of fused-ring (bicyclic) bond motifs is 1. The first-order chi connectivity index (χ1) is 8.52. The molecule has 2 heterocycles. The van der Waals surface area contributed by atoms with Crippen molar-refractivity contribution in [3.05, 3.63) is 11.6 Å². The van der Waals surface area contributed by atoms with E-state index < -0.39 is 12.0 Å². The predicted octanol–water partition coefficient (Wildman–Crippen LogP) is 2.29. The second-order valence-corrected chi connectivity index (χ2v) is 5.05. The van der Waals surface area contributed by atoms with Gasteiger partial charge in [0.25, 0.3) is 0 Å². The maximum absolute atomic E-state index is 12.6. The predicted molar refractivity (Wildman–Crippen MR) is 63.3 cm³/mol. The molecule has 0 radical (unpaired) electrons. The van der Waals surface area contributed by atoms with E-state index in [-0.39, 0.29) is 0 Å². The van der Waals surface area contributed by atoms with Gasteiger partial charge in [-0.3, -0.25) is 4.90 Å². The fourth-order valence-electron chi connectivity index (χ4n) is 2.04. The Morgan fingerprint density at radius 1 is 1.17 bits per heavy atom. The Morgan fingerprint density at radius 3 is 2.61 bits per heavy atom. The molecule has 102 valence electrons. The average molecular weight is 327 g/mol. The third-order valence-corrected chi connectivity index (χ3v) is 3.50. The van der Waals surface area contributed by atoms with E-state index >= 15 is 0 Å². The van der Waals surface area contributed by atoms with Gasteiger partial charge in [0.1, 0.15) is 5.82 Å². The molecule has 0 bridgehead atoms. The van der Waals surface area contributed by atoms with Crippen LogP contribution in [0.15, 0.2) is 0 Å². The number of alkyl halides is 4. The van der Waals surface area contributed by atoms with Gasteiger partial charge in [-0.05, 0) is 19.4 Å². The zero-order valence-electron chi connectivity index (χ0n) is 9.75. The van der Waals surface area contributed by atoms with Gasteiger partial charge in [0.15, 0.2) is 0 Å². The van der Waals surface area contributed by atoms with E-state index in [1.165, 1.54) is 4.57 Å². The quantitative estimate of drug-likeness (QED) is 0.629. The number of hydrogen-bond donors (Lipinski definition) is 0. The van der Waals surface area contributed by atoms with Crippen LogP contribution in [0.1, 0.15) is 24.5 Å². The second-order valence-electron chi connectivity index (χ2n) is 4.26. The van der Waals surface area contributed by atoms with Gasteiger partial charge in [0.2, 0.25) is 5.82 Å². The van der Waals surface area contributed by atoms with Crippen LogP contribution in [-0.2, 0) is 19.3 Å². The van der Waals surface area contributed by atoms with Gasteiger partial charge in [-0.15, -0.1) is 10.2 Å². The Balaban J connectivity index is 2.01. The molecule has 1 aromatic rings. The summed E-state index contributed by atoms with van der Waals surface area (Å²) in [6, 6.07) is 0. The molecule has 0 saturated carbocycles. The highest BCUT2D eigenvalue weighted by Crippen LogP contribution is 2.29. The summed E-state index contributed by atoms with van der Waals surface area (Å²) in [5.41, 5.74) is 0. The molecule has 8 heteroatoms. The van der Waals surface area contributed by atoms with Crippen molar-refractivity contribution in [2.75, 3.05) is 18.4 Å². The molecular weight excluding hydrogens is 313 g/mol. The molecule has 1 aliphatic heterocycles. The van der Waals surface area contributed by atoms with Crippen LogP contribution in [0, 0.1) is 0 Å². The summed E-state index contributed by atoms with van der Waals surface area (Å²) in [6.45, 7) is 2.27. The highest BCUT2D eigenvalue weighted by Gasteiger charge is 2.39. The molecule has 0 spiro atoms. The minimum atomic E-state index is -4.41. The van der Waals surface area contributed by atoms with Crippen molar-refractivity contribution in [2.45, 2.75) is 32.1 Å². The number of aromatic nitrogens is 3. The SMILES string of the molecule is FC(F)(F)c1nnc2n1CCN(CCCCBr)C2. The van der Waals surface area contributed by atoms with Crippen molar-refractivity contribution in [1.29, 1.82) is 0 Å². The summed E-state index contributed by atoms with van der Waals surface area (Å²) in [5.74, 6) is -0.468. The maximum atomic E-state index is 12.6. The van der Waals surface area contributed by atoms with Crippen LogP contribution >= 0.6 is 15.9 Å². The van der Waals surface area contributed by atoms with Crippen molar-refractivity contribution >= 4 is 15.9 Å². The number of unbranched alkanes of at least 4 members (excludes halogenated alkanes) is 1. The molecule has 0 atom stereocenters. The topological polar surface area (TPSA) is 34.0 Å². The van der Waals surface area contributed by atoms with Crippen molar-refractivity contribution < 1.29 is 13.2 Å². The van der Waals surface area contributed by atoms with Crippen molar-refractivity contribution in [1.82, 2.24) is 19.7 Å². The molecule has 2 rings (SSSR count). The first kappa shape index (κ1) is 13.8. The van der Waals surface area contributed by atoms with Gasteiger partial charge in [0.05, 0.1) is 6.54 Å². The summed E-state index contributed by atoms with van der Waals surface area (Å²) in [6.07, 6.45) is -2.31. The first-order valence-corrected chi connectivity index (χ1v) is 6.92. The fourth-order valence-corrected chi connectivity index (χ4v) is 2.43. The summed E-state index contributed by atoms with van der Waals surface area (Å²) >= 11 is 3.36. The van der Waals surface area contributed by atoms with E-state index in [1.54, 1.807) is 0 Å². The highest BCUT2D eigenvalue weighted by atomic mass is 79.9. The van der Waals surface area contributed by atoms with Crippen molar-refractivity contribution in [3.8, 4) is 0 Å². The van der Waals surface area contributed by atoms with Crippen LogP contribution in [0.25, 0.3) is 0 Å². The summed E-state index contributed by atoms with van der Waals surface area (Å²) in [7, 11) is 0. The minimum absolute atomic E-state index is 0.311. The Hall–Kier alpha value is -0.630. The largest absolute Gasteiger partial charge is 0.451 e. The van der Waals surface area contributed by atoms with Gasteiger partial charge in [-0.25, -0.2) is 0 Å².